The van der Waals surface area contributed by atoms with Gasteiger partial charge in [-0.3, -0.25) is 0 Å². The fourth-order valence-corrected chi connectivity index (χ4v) is 2.48. The number of aromatic nitrogens is 1. The van der Waals surface area contributed by atoms with Gasteiger partial charge in [-0.05, 0) is 36.9 Å². The maximum Gasteiger partial charge on any atom is 0.339 e. The average molecular weight is 336 g/mol. The minimum Gasteiger partial charge on any atom is -0.465 e. The van der Waals surface area contributed by atoms with Gasteiger partial charge in [0.1, 0.15) is 5.82 Å². The summed E-state index contributed by atoms with van der Waals surface area (Å²) in [6, 6.07) is 3.62. The lowest BCUT2D eigenvalue weighted by Crippen LogP contribution is -2.43. The predicted molar refractivity (Wildman–Crippen MR) is 88.6 cm³/mol. The van der Waals surface area contributed by atoms with Crippen molar-refractivity contribution in [2.24, 2.45) is 17.6 Å². The summed E-state index contributed by atoms with van der Waals surface area (Å²) in [5.74, 6) is 1.72. The van der Waals surface area contributed by atoms with E-state index in [9.17, 15) is 4.79 Å². The molecular formula is C14H23Cl2N3O2. The van der Waals surface area contributed by atoms with Crippen molar-refractivity contribution in [2.75, 3.05) is 31.6 Å². The first-order chi connectivity index (χ1) is 9.15. The van der Waals surface area contributed by atoms with Crippen LogP contribution in [0.3, 0.4) is 0 Å². The van der Waals surface area contributed by atoms with E-state index in [2.05, 4.69) is 21.5 Å². The zero-order chi connectivity index (χ0) is 13.8. The maximum atomic E-state index is 11.4. The van der Waals surface area contributed by atoms with E-state index in [0.717, 1.165) is 25.3 Å². The van der Waals surface area contributed by atoms with Gasteiger partial charge in [0.15, 0.2) is 0 Å². The minimum absolute atomic E-state index is 0. The molecule has 1 saturated heterocycles. The molecule has 1 fully saturated rings. The third kappa shape index (κ3) is 4.73. The fraction of sp³-hybridized carbons (Fsp3) is 0.571. The molecule has 1 aromatic heterocycles. The third-order valence-electron chi connectivity index (χ3n) is 3.91. The van der Waals surface area contributed by atoms with E-state index in [-0.39, 0.29) is 30.8 Å². The number of piperidine rings is 1. The van der Waals surface area contributed by atoms with Crippen molar-refractivity contribution >= 4 is 36.6 Å². The van der Waals surface area contributed by atoms with E-state index in [4.69, 9.17) is 5.73 Å². The van der Waals surface area contributed by atoms with Crippen LogP contribution in [0.15, 0.2) is 18.3 Å². The molecule has 0 amide bonds. The molecule has 2 N–H and O–H groups in total. The molecule has 0 radical (unpaired) electrons. The summed E-state index contributed by atoms with van der Waals surface area (Å²) in [5.41, 5.74) is 6.29. The highest BCUT2D eigenvalue weighted by atomic mass is 35.5. The van der Waals surface area contributed by atoms with Crippen molar-refractivity contribution < 1.29 is 9.53 Å². The summed E-state index contributed by atoms with van der Waals surface area (Å²) < 4.78 is 4.66. The zero-order valence-corrected chi connectivity index (χ0v) is 14.0. The number of pyridine rings is 1. The van der Waals surface area contributed by atoms with Gasteiger partial charge < -0.3 is 15.4 Å². The summed E-state index contributed by atoms with van der Waals surface area (Å²) in [7, 11) is 1.37. The Morgan fingerprint density at radius 3 is 2.71 bits per heavy atom. The van der Waals surface area contributed by atoms with Crippen molar-refractivity contribution in [3.05, 3.63) is 23.9 Å². The van der Waals surface area contributed by atoms with Gasteiger partial charge in [-0.25, -0.2) is 9.78 Å². The first kappa shape index (κ1) is 20.0. The van der Waals surface area contributed by atoms with Gasteiger partial charge in [-0.1, -0.05) is 6.92 Å². The second-order valence-corrected chi connectivity index (χ2v) is 5.10. The van der Waals surface area contributed by atoms with Crippen LogP contribution in [-0.4, -0.2) is 37.7 Å². The molecule has 2 unspecified atom stereocenters. The summed E-state index contributed by atoms with van der Waals surface area (Å²) in [5, 5.41) is 0. The number of nitrogens with zero attached hydrogens (tertiary/aromatic N) is 2. The average Bonchev–Trinajstić information content (AvgIpc) is 2.47. The number of carbonyl (C=O) groups excluding carboxylic acids is 1. The van der Waals surface area contributed by atoms with E-state index >= 15 is 0 Å². The number of hydrogen-bond donors (Lipinski definition) is 1. The van der Waals surface area contributed by atoms with E-state index in [0.29, 0.717) is 23.9 Å². The Morgan fingerprint density at radius 1 is 1.48 bits per heavy atom. The Bertz CT molecular complexity index is 442. The van der Waals surface area contributed by atoms with Crippen molar-refractivity contribution in [2.45, 2.75) is 13.3 Å². The highest BCUT2D eigenvalue weighted by molar-refractivity contribution is 5.89. The normalized spacial score (nSPS) is 21.0. The highest BCUT2D eigenvalue weighted by Gasteiger charge is 2.25. The van der Waals surface area contributed by atoms with Gasteiger partial charge in [0.05, 0.1) is 12.7 Å². The highest BCUT2D eigenvalue weighted by Crippen LogP contribution is 2.25. The summed E-state index contributed by atoms with van der Waals surface area (Å²) in [4.78, 5) is 17.9. The number of methoxy groups -OCH3 is 1. The molecule has 2 atom stereocenters. The molecule has 1 aliphatic heterocycles. The van der Waals surface area contributed by atoms with Crippen LogP contribution in [0.25, 0.3) is 0 Å². The number of nitrogens with two attached hydrogens (primary N) is 1. The number of carbonyl (C=O) groups is 1. The van der Waals surface area contributed by atoms with Gasteiger partial charge in [-0.2, -0.15) is 0 Å². The standard InChI is InChI=1S/C14H21N3O2.2ClH/c1-10-5-6-17(9-12(10)7-15)13-4-3-11(8-16-13)14(18)19-2;;/h3-4,8,10,12H,5-7,9,15H2,1-2H3;2*1H. The molecule has 2 rings (SSSR count). The molecule has 7 heteroatoms. The Hall–Kier alpha value is -1.04. The number of halogens is 2. The van der Waals surface area contributed by atoms with Crippen LogP contribution in [0, 0.1) is 11.8 Å². The van der Waals surface area contributed by atoms with E-state index in [1.54, 1.807) is 12.3 Å². The van der Waals surface area contributed by atoms with Crippen molar-refractivity contribution in [3.63, 3.8) is 0 Å². The van der Waals surface area contributed by atoms with Crippen LogP contribution in [0.4, 0.5) is 5.82 Å². The Kier molecular flexibility index (Phi) is 8.63. The van der Waals surface area contributed by atoms with E-state index in [1.165, 1.54) is 7.11 Å². The van der Waals surface area contributed by atoms with E-state index in [1.807, 2.05) is 6.07 Å². The Balaban J connectivity index is 0.00000200. The van der Waals surface area contributed by atoms with Gasteiger partial charge in [0.2, 0.25) is 0 Å². The lowest BCUT2D eigenvalue weighted by molar-refractivity contribution is 0.0600. The van der Waals surface area contributed by atoms with Crippen LogP contribution >= 0.6 is 24.8 Å². The van der Waals surface area contributed by atoms with Crippen molar-refractivity contribution in [1.29, 1.82) is 0 Å². The smallest absolute Gasteiger partial charge is 0.339 e. The Morgan fingerprint density at radius 2 is 2.19 bits per heavy atom. The first-order valence-electron chi connectivity index (χ1n) is 6.65. The zero-order valence-electron chi connectivity index (χ0n) is 12.3. The molecule has 5 nitrogen and oxygen atoms in total. The number of hydrogen-bond acceptors (Lipinski definition) is 5. The fourth-order valence-electron chi connectivity index (χ4n) is 2.48. The first-order valence-corrected chi connectivity index (χ1v) is 6.65. The summed E-state index contributed by atoms with van der Waals surface area (Å²) in [6.07, 6.45) is 2.69. The maximum absolute atomic E-state index is 11.4. The molecule has 2 heterocycles. The molecule has 0 saturated carbocycles. The molecule has 21 heavy (non-hydrogen) atoms. The molecule has 1 aliphatic rings. The van der Waals surface area contributed by atoms with Crippen LogP contribution in [0.1, 0.15) is 23.7 Å². The number of anilines is 1. The number of esters is 1. The molecule has 0 aliphatic carbocycles. The predicted octanol–water partition coefficient (Wildman–Crippen LogP) is 2.13. The largest absolute Gasteiger partial charge is 0.465 e. The number of rotatable bonds is 3. The van der Waals surface area contributed by atoms with Crippen LogP contribution in [0.2, 0.25) is 0 Å². The monoisotopic (exact) mass is 335 g/mol. The summed E-state index contributed by atoms with van der Waals surface area (Å²) >= 11 is 0. The SMILES string of the molecule is COC(=O)c1ccc(N2CCC(C)C(CN)C2)nc1.Cl.Cl. The molecular weight excluding hydrogens is 313 g/mol. The molecule has 0 spiro atoms. The lowest BCUT2D eigenvalue weighted by Gasteiger charge is -2.37. The van der Waals surface area contributed by atoms with E-state index < -0.39 is 0 Å². The van der Waals surface area contributed by atoms with Crippen molar-refractivity contribution in [3.8, 4) is 0 Å². The molecule has 1 aromatic rings. The minimum atomic E-state index is -0.355. The van der Waals surface area contributed by atoms with Crippen LogP contribution < -0.4 is 10.6 Å². The van der Waals surface area contributed by atoms with Gasteiger partial charge in [-0.15, -0.1) is 24.8 Å². The summed E-state index contributed by atoms with van der Waals surface area (Å²) in [6.45, 7) is 4.88. The van der Waals surface area contributed by atoms with Crippen LogP contribution in [-0.2, 0) is 4.74 Å². The number of ether oxygens (including phenoxy) is 1. The second-order valence-electron chi connectivity index (χ2n) is 5.10. The molecule has 120 valence electrons. The molecule has 0 aromatic carbocycles. The molecule has 0 bridgehead atoms. The Labute approximate surface area is 138 Å². The van der Waals surface area contributed by atoms with Gasteiger partial charge >= 0.3 is 5.97 Å². The van der Waals surface area contributed by atoms with Crippen LogP contribution in [0.5, 0.6) is 0 Å². The van der Waals surface area contributed by atoms with Gasteiger partial charge in [0, 0.05) is 19.3 Å². The topological polar surface area (TPSA) is 68.5 Å². The quantitative estimate of drug-likeness (QED) is 0.857. The lowest BCUT2D eigenvalue weighted by atomic mass is 9.87. The van der Waals surface area contributed by atoms with Crippen molar-refractivity contribution in [1.82, 2.24) is 4.98 Å². The van der Waals surface area contributed by atoms with Gasteiger partial charge in [0.25, 0.3) is 0 Å². The second kappa shape index (κ2) is 9.07. The third-order valence-corrected chi connectivity index (χ3v) is 3.91.